The first-order valence-corrected chi connectivity index (χ1v) is 8.21. The Morgan fingerprint density at radius 3 is 2.76 bits per heavy atom. The molecule has 0 aromatic heterocycles. The number of nitrogens with one attached hydrogen (secondary N) is 1. The lowest BCUT2D eigenvalue weighted by Gasteiger charge is -2.43. The molecule has 1 unspecified atom stereocenters. The Labute approximate surface area is 134 Å². The molecule has 0 radical (unpaired) electrons. The van der Waals surface area contributed by atoms with E-state index in [1.807, 2.05) is 6.07 Å². The van der Waals surface area contributed by atoms with Gasteiger partial charge in [0.25, 0.3) is 0 Å². The van der Waals surface area contributed by atoms with Crippen LogP contribution in [0.5, 0.6) is 0 Å². The van der Waals surface area contributed by atoms with E-state index >= 15 is 0 Å². The highest BCUT2D eigenvalue weighted by atomic mass is 79.9. The van der Waals surface area contributed by atoms with E-state index in [0.29, 0.717) is 17.7 Å². The number of hydrogen-bond donors (Lipinski definition) is 1. The zero-order chi connectivity index (χ0) is 15.3. The van der Waals surface area contributed by atoms with Crippen LogP contribution < -0.4 is 5.32 Å². The quantitative estimate of drug-likeness (QED) is 0.845. The summed E-state index contributed by atoms with van der Waals surface area (Å²) in [6.07, 6.45) is 2.43. The first kappa shape index (κ1) is 16.9. The van der Waals surface area contributed by atoms with Gasteiger partial charge in [-0.3, -0.25) is 0 Å². The minimum absolute atomic E-state index is 0.134. The van der Waals surface area contributed by atoms with E-state index in [1.165, 1.54) is 6.07 Å². The molecule has 0 aliphatic carbocycles. The fraction of sp³-hybridized carbons (Fsp3) is 0.625. The van der Waals surface area contributed by atoms with Gasteiger partial charge in [0.1, 0.15) is 5.82 Å². The van der Waals surface area contributed by atoms with Gasteiger partial charge in [0.05, 0.1) is 10.1 Å². The Morgan fingerprint density at radius 1 is 1.43 bits per heavy atom. The van der Waals surface area contributed by atoms with Crippen LogP contribution in [-0.4, -0.2) is 38.5 Å². The SMILES string of the molecule is CCNC(Cc1cccc(F)c1Br)C1(OC)CCOCC1. The molecule has 118 valence electrons. The standard InChI is InChI=1S/C16H23BrFNO2/c1-3-19-14(16(20-2)7-9-21-10-8-16)11-12-5-4-6-13(18)15(12)17/h4-6,14,19H,3,7-11H2,1-2H3. The van der Waals surface area contributed by atoms with Crippen molar-refractivity contribution in [3.63, 3.8) is 0 Å². The second-order valence-corrected chi connectivity index (χ2v) is 6.20. The molecule has 1 fully saturated rings. The number of ether oxygens (including phenoxy) is 2. The van der Waals surface area contributed by atoms with Crippen molar-refractivity contribution in [2.24, 2.45) is 0 Å². The Kier molecular flexibility index (Phi) is 6.17. The van der Waals surface area contributed by atoms with Crippen LogP contribution in [0.15, 0.2) is 22.7 Å². The zero-order valence-corrected chi connectivity index (χ0v) is 14.2. The van der Waals surface area contributed by atoms with Gasteiger partial charge in [0.2, 0.25) is 0 Å². The highest BCUT2D eigenvalue weighted by Gasteiger charge is 2.40. The van der Waals surface area contributed by atoms with Gasteiger partial charge in [-0.15, -0.1) is 0 Å². The van der Waals surface area contributed by atoms with Crippen LogP contribution in [0.2, 0.25) is 0 Å². The summed E-state index contributed by atoms with van der Waals surface area (Å²) >= 11 is 3.36. The Balaban J connectivity index is 2.23. The van der Waals surface area contributed by atoms with Crippen molar-refractivity contribution < 1.29 is 13.9 Å². The van der Waals surface area contributed by atoms with Gasteiger partial charge in [-0.05, 0) is 40.5 Å². The maximum Gasteiger partial charge on any atom is 0.137 e. The van der Waals surface area contributed by atoms with E-state index in [-0.39, 0.29) is 17.5 Å². The van der Waals surface area contributed by atoms with E-state index < -0.39 is 0 Å². The molecule has 2 rings (SSSR count). The Morgan fingerprint density at radius 2 is 2.14 bits per heavy atom. The molecule has 3 nitrogen and oxygen atoms in total. The normalized spacial score (nSPS) is 19.4. The molecular weight excluding hydrogens is 337 g/mol. The van der Waals surface area contributed by atoms with E-state index in [4.69, 9.17) is 9.47 Å². The monoisotopic (exact) mass is 359 g/mol. The van der Waals surface area contributed by atoms with Crippen LogP contribution in [0.25, 0.3) is 0 Å². The van der Waals surface area contributed by atoms with Crippen LogP contribution in [0.1, 0.15) is 25.3 Å². The average molecular weight is 360 g/mol. The number of hydrogen-bond acceptors (Lipinski definition) is 3. The Bertz CT molecular complexity index is 464. The van der Waals surface area contributed by atoms with Crippen molar-refractivity contribution in [1.29, 1.82) is 0 Å². The van der Waals surface area contributed by atoms with Crippen molar-refractivity contribution in [2.45, 2.75) is 37.8 Å². The van der Waals surface area contributed by atoms with Gasteiger partial charge in [-0.25, -0.2) is 4.39 Å². The maximum atomic E-state index is 13.7. The lowest BCUT2D eigenvalue weighted by atomic mass is 9.82. The van der Waals surface area contributed by atoms with Gasteiger partial charge in [-0.1, -0.05) is 19.1 Å². The number of likely N-dealkylation sites (N-methyl/N-ethyl adjacent to an activating group) is 1. The van der Waals surface area contributed by atoms with Crippen LogP contribution in [-0.2, 0) is 15.9 Å². The van der Waals surface area contributed by atoms with Crippen LogP contribution in [0.3, 0.4) is 0 Å². The van der Waals surface area contributed by atoms with Crippen molar-refractivity contribution in [2.75, 3.05) is 26.9 Å². The molecule has 0 amide bonds. The maximum absolute atomic E-state index is 13.7. The second kappa shape index (κ2) is 7.68. The molecule has 1 N–H and O–H groups in total. The molecule has 21 heavy (non-hydrogen) atoms. The van der Waals surface area contributed by atoms with Crippen molar-refractivity contribution in [3.8, 4) is 0 Å². The minimum Gasteiger partial charge on any atom is -0.381 e. The highest BCUT2D eigenvalue weighted by molar-refractivity contribution is 9.10. The van der Waals surface area contributed by atoms with Gasteiger partial charge in [0.15, 0.2) is 0 Å². The average Bonchev–Trinajstić information content (AvgIpc) is 2.52. The summed E-state index contributed by atoms with van der Waals surface area (Å²) in [6, 6.07) is 5.31. The lowest BCUT2D eigenvalue weighted by Crippen LogP contribution is -2.56. The molecule has 1 heterocycles. The number of methoxy groups -OCH3 is 1. The molecule has 1 atom stereocenters. The first-order chi connectivity index (χ1) is 10.1. The summed E-state index contributed by atoms with van der Waals surface area (Å²) in [7, 11) is 1.76. The molecule has 0 saturated carbocycles. The van der Waals surface area contributed by atoms with Gasteiger partial charge in [-0.2, -0.15) is 0 Å². The summed E-state index contributed by atoms with van der Waals surface area (Å²) < 4.78 is 25.6. The summed E-state index contributed by atoms with van der Waals surface area (Å²) in [6.45, 7) is 4.35. The zero-order valence-electron chi connectivity index (χ0n) is 12.6. The summed E-state index contributed by atoms with van der Waals surface area (Å²) in [5.41, 5.74) is 0.712. The number of benzene rings is 1. The van der Waals surface area contributed by atoms with Gasteiger partial charge in [0, 0.05) is 39.2 Å². The van der Waals surface area contributed by atoms with Crippen LogP contribution >= 0.6 is 15.9 Å². The molecule has 1 aromatic carbocycles. The third kappa shape index (κ3) is 3.83. The minimum atomic E-state index is -0.250. The molecule has 1 aliphatic rings. The molecule has 5 heteroatoms. The summed E-state index contributed by atoms with van der Waals surface area (Å²) in [4.78, 5) is 0. The predicted molar refractivity (Wildman–Crippen MR) is 85.1 cm³/mol. The lowest BCUT2D eigenvalue weighted by molar-refractivity contribution is -0.110. The fourth-order valence-electron chi connectivity index (χ4n) is 3.03. The van der Waals surface area contributed by atoms with Crippen LogP contribution in [0, 0.1) is 5.82 Å². The molecule has 0 bridgehead atoms. The van der Waals surface area contributed by atoms with Crippen molar-refractivity contribution >= 4 is 15.9 Å². The van der Waals surface area contributed by atoms with E-state index in [0.717, 1.165) is 31.4 Å². The molecule has 0 spiro atoms. The third-order valence-corrected chi connectivity index (χ3v) is 5.17. The predicted octanol–water partition coefficient (Wildman–Crippen LogP) is 3.30. The van der Waals surface area contributed by atoms with Gasteiger partial charge < -0.3 is 14.8 Å². The third-order valence-electron chi connectivity index (χ3n) is 4.29. The summed E-state index contributed by atoms with van der Waals surface area (Å²) in [5.74, 6) is -0.221. The topological polar surface area (TPSA) is 30.5 Å². The summed E-state index contributed by atoms with van der Waals surface area (Å²) in [5, 5.41) is 3.52. The largest absolute Gasteiger partial charge is 0.381 e. The molecular formula is C16H23BrFNO2. The van der Waals surface area contributed by atoms with E-state index in [9.17, 15) is 4.39 Å². The number of rotatable bonds is 6. The van der Waals surface area contributed by atoms with E-state index in [2.05, 4.69) is 28.2 Å². The van der Waals surface area contributed by atoms with Crippen LogP contribution in [0.4, 0.5) is 4.39 Å². The molecule has 1 saturated heterocycles. The fourth-order valence-corrected chi connectivity index (χ4v) is 3.45. The first-order valence-electron chi connectivity index (χ1n) is 7.42. The van der Waals surface area contributed by atoms with E-state index in [1.54, 1.807) is 13.2 Å². The highest BCUT2D eigenvalue weighted by Crippen LogP contribution is 2.32. The van der Waals surface area contributed by atoms with Crippen molar-refractivity contribution in [3.05, 3.63) is 34.1 Å². The molecule has 1 aromatic rings. The second-order valence-electron chi connectivity index (χ2n) is 5.41. The molecule has 1 aliphatic heterocycles. The Hall–Kier alpha value is -0.490. The van der Waals surface area contributed by atoms with Gasteiger partial charge >= 0.3 is 0 Å². The number of halogens is 2. The van der Waals surface area contributed by atoms with Crippen molar-refractivity contribution in [1.82, 2.24) is 5.32 Å². The smallest absolute Gasteiger partial charge is 0.137 e.